The van der Waals surface area contributed by atoms with Gasteiger partial charge in [0.05, 0.1) is 16.8 Å². The summed E-state index contributed by atoms with van der Waals surface area (Å²) < 4.78 is 0. The molecule has 0 aliphatic carbocycles. The van der Waals surface area contributed by atoms with E-state index in [1.807, 2.05) is 30.3 Å². The van der Waals surface area contributed by atoms with Gasteiger partial charge in [-0.05, 0) is 24.3 Å². The Balaban J connectivity index is 1.39. The summed E-state index contributed by atoms with van der Waals surface area (Å²) in [6, 6.07) is 15.9. The maximum atomic E-state index is 12.7. The molecule has 0 unspecified atom stereocenters. The zero-order valence-electron chi connectivity index (χ0n) is 15.0. The molecule has 9 nitrogen and oxygen atoms in total. The summed E-state index contributed by atoms with van der Waals surface area (Å²) in [7, 11) is 0. The van der Waals surface area contributed by atoms with Crippen LogP contribution in [0.1, 0.15) is 10.5 Å². The average molecular weight is 378 g/mol. The second-order valence-corrected chi connectivity index (χ2v) is 6.41. The molecule has 28 heavy (non-hydrogen) atoms. The SMILES string of the molecule is O=C(c1cnn(-c2ccccc2)n1)N1CCN(c2ccc([N+](=O)[O-])cc2)CC1. The van der Waals surface area contributed by atoms with Crippen molar-refractivity contribution in [3.05, 3.63) is 76.6 Å². The maximum absolute atomic E-state index is 12.7. The Labute approximate surface area is 160 Å². The molecular weight excluding hydrogens is 360 g/mol. The van der Waals surface area contributed by atoms with Crippen LogP contribution >= 0.6 is 0 Å². The lowest BCUT2D eigenvalue weighted by molar-refractivity contribution is -0.384. The first kappa shape index (κ1) is 17.7. The predicted molar refractivity (Wildman–Crippen MR) is 103 cm³/mol. The fourth-order valence-electron chi connectivity index (χ4n) is 3.16. The summed E-state index contributed by atoms with van der Waals surface area (Å²) in [6.45, 7) is 2.40. The number of nitro groups is 1. The first-order chi connectivity index (χ1) is 13.6. The molecule has 0 radical (unpaired) electrons. The highest BCUT2D eigenvalue weighted by atomic mass is 16.6. The van der Waals surface area contributed by atoms with Gasteiger partial charge in [0.25, 0.3) is 11.6 Å². The molecule has 1 aliphatic rings. The van der Waals surface area contributed by atoms with Gasteiger partial charge in [0, 0.05) is 44.0 Å². The summed E-state index contributed by atoms with van der Waals surface area (Å²) in [5, 5.41) is 19.2. The Morgan fingerprint density at radius 2 is 1.61 bits per heavy atom. The van der Waals surface area contributed by atoms with Crippen molar-refractivity contribution in [2.24, 2.45) is 0 Å². The first-order valence-electron chi connectivity index (χ1n) is 8.88. The number of hydrogen-bond donors (Lipinski definition) is 0. The second-order valence-electron chi connectivity index (χ2n) is 6.41. The van der Waals surface area contributed by atoms with Gasteiger partial charge in [0.1, 0.15) is 0 Å². The molecule has 1 saturated heterocycles. The third-order valence-corrected chi connectivity index (χ3v) is 4.69. The van der Waals surface area contributed by atoms with Crippen molar-refractivity contribution in [2.45, 2.75) is 0 Å². The molecular formula is C19H18N6O3. The summed E-state index contributed by atoms with van der Waals surface area (Å²) in [5.41, 5.74) is 2.09. The monoisotopic (exact) mass is 378 g/mol. The first-order valence-corrected chi connectivity index (χ1v) is 8.88. The molecule has 0 N–H and O–H groups in total. The maximum Gasteiger partial charge on any atom is 0.276 e. The van der Waals surface area contributed by atoms with Crippen LogP contribution in [0.15, 0.2) is 60.8 Å². The number of carbonyl (C=O) groups excluding carboxylic acids is 1. The molecule has 0 spiro atoms. The number of hydrogen-bond acceptors (Lipinski definition) is 6. The van der Waals surface area contributed by atoms with Crippen molar-refractivity contribution < 1.29 is 9.72 Å². The number of benzene rings is 2. The number of aromatic nitrogens is 3. The number of non-ortho nitro benzene ring substituents is 1. The fraction of sp³-hybridized carbons (Fsp3) is 0.211. The van der Waals surface area contributed by atoms with Crippen molar-refractivity contribution in [3.63, 3.8) is 0 Å². The Hall–Kier alpha value is -3.75. The zero-order valence-corrected chi connectivity index (χ0v) is 15.0. The molecule has 0 saturated carbocycles. The third-order valence-electron chi connectivity index (χ3n) is 4.69. The van der Waals surface area contributed by atoms with Crippen LogP contribution in [0.2, 0.25) is 0 Å². The van der Waals surface area contributed by atoms with E-state index in [0.717, 1.165) is 11.4 Å². The van der Waals surface area contributed by atoms with E-state index in [-0.39, 0.29) is 11.6 Å². The highest BCUT2D eigenvalue weighted by molar-refractivity contribution is 5.92. The lowest BCUT2D eigenvalue weighted by Gasteiger charge is -2.35. The zero-order chi connectivity index (χ0) is 19.5. The van der Waals surface area contributed by atoms with E-state index in [2.05, 4.69) is 15.1 Å². The molecule has 2 heterocycles. The summed E-state index contributed by atoms with van der Waals surface area (Å²) >= 11 is 0. The molecule has 1 amide bonds. The molecule has 0 atom stereocenters. The van der Waals surface area contributed by atoms with Crippen LogP contribution in [0, 0.1) is 10.1 Å². The normalized spacial score (nSPS) is 14.1. The van der Waals surface area contributed by atoms with Crippen LogP contribution in [-0.4, -0.2) is 56.9 Å². The second kappa shape index (κ2) is 7.47. The quantitative estimate of drug-likeness (QED) is 0.510. The van der Waals surface area contributed by atoms with Crippen LogP contribution in [0.4, 0.5) is 11.4 Å². The number of para-hydroxylation sites is 1. The number of nitrogens with zero attached hydrogens (tertiary/aromatic N) is 6. The van der Waals surface area contributed by atoms with Gasteiger partial charge < -0.3 is 9.80 Å². The molecule has 0 bridgehead atoms. The van der Waals surface area contributed by atoms with E-state index in [1.165, 1.54) is 23.1 Å². The molecule has 1 aliphatic heterocycles. The number of rotatable bonds is 4. The van der Waals surface area contributed by atoms with Crippen LogP contribution < -0.4 is 4.90 Å². The van der Waals surface area contributed by atoms with Gasteiger partial charge in [0.2, 0.25) is 0 Å². The van der Waals surface area contributed by atoms with Crippen molar-refractivity contribution in [1.29, 1.82) is 0 Å². The molecule has 1 aromatic heterocycles. The average Bonchev–Trinajstić information content (AvgIpc) is 3.24. The van der Waals surface area contributed by atoms with Gasteiger partial charge >= 0.3 is 0 Å². The predicted octanol–water partition coefficient (Wildman–Crippen LogP) is 2.14. The van der Waals surface area contributed by atoms with Crippen molar-refractivity contribution in [1.82, 2.24) is 19.9 Å². The van der Waals surface area contributed by atoms with Crippen LogP contribution in [0.3, 0.4) is 0 Å². The van der Waals surface area contributed by atoms with Gasteiger partial charge in [-0.2, -0.15) is 9.90 Å². The molecule has 3 aromatic rings. The van der Waals surface area contributed by atoms with Gasteiger partial charge in [-0.1, -0.05) is 18.2 Å². The minimum absolute atomic E-state index is 0.0686. The van der Waals surface area contributed by atoms with E-state index < -0.39 is 4.92 Å². The lowest BCUT2D eigenvalue weighted by Crippen LogP contribution is -2.48. The van der Waals surface area contributed by atoms with Crippen LogP contribution in [0.25, 0.3) is 5.69 Å². The van der Waals surface area contributed by atoms with E-state index in [1.54, 1.807) is 17.0 Å². The Morgan fingerprint density at radius 1 is 0.929 bits per heavy atom. The van der Waals surface area contributed by atoms with Gasteiger partial charge in [-0.3, -0.25) is 14.9 Å². The Kier molecular flexibility index (Phi) is 4.71. The molecule has 9 heteroatoms. The number of amides is 1. The van der Waals surface area contributed by atoms with E-state index in [0.29, 0.717) is 31.9 Å². The summed E-state index contributed by atoms with van der Waals surface area (Å²) in [6.07, 6.45) is 1.48. The Bertz CT molecular complexity index is 978. The Morgan fingerprint density at radius 3 is 2.25 bits per heavy atom. The number of carbonyl (C=O) groups is 1. The third kappa shape index (κ3) is 3.54. The fourth-order valence-corrected chi connectivity index (χ4v) is 3.16. The highest BCUT2D eigenvalue weighted by Crippen LogP contribution is 2.21. The van der Waals surface area contributed by atoms with E-state index in [9.17, 15) is 14.9 Å². The molecule has 142 valence electrons. The van der Waals surface area contributed by atoms with Crippen molar-refractivity contribution in [2.75, 3.05) is 31.1 Å². The number of anilines is 1. The van der Waals surface area contributed by atoms with Gasteiger partial charge in [0.15, 0.2) is 5.69 Å². The van der Waals surface area contributed by atoms with Crippen LogP contribution in [-0.2, 0) is 0 Å². The molecule has 1 fully saturated rings. The number of piperazine rings is 1. The summed E-state index contributed by atoms with van der Waals surface area (Å²) in [4.78, 5) is 28.4. The standard InChI is InChI=1S/C19H18N6O3/c26-19(18-14-20-24(21-18)16-4-2-1-3-5-16)23-12-10-22(11-13-23)15-6-8-17(9-7-15)25(27)28/h1-9,14H,10-13H2. The van der Waals surface area contributed by atoms with Gasteiger partial charge in [-0.25, -0.2) is 0 Å². The van der Waals surface area contributed by atoms with E-state index >= 15 is 0 Å². The van der Waals surface area contributed by atoms with Crippen molar-refractivity contribution >= 4 is 17.3 Å². The summed E-state index contributed by atoms with van der Waals surface area (Å²) in [5.74, 6) is -0.148. The molecule has 4 rings (SSSR count). The van der Waals surface area contributed by atoms with Crippen molar-refractivity contribution in [3.8, 4) is 5.69 Å². The topological polar surface area (TPSA) is 97.4 Å². The van der Waals surface area contributed by atoms with Gasteiger partial charge in [-0.15, -0.1) is 5.10 Å². The minimum Gasteiger partial charge on any atom is -0.368 e. The van der Waals surface area contributed by atoms with Crippen LogP contribution in [0.5, 0.6) is 0 Å². The largest absolute Gasteiger partial charge is 0.368 e. The lowest BCUT2D eigenvalue weighted by atomic mass is 10.2. The smallest absolute Gasteiger partial charge is 0.276 e. The molecule has 2 aromatic carbocycles. The van der Waals surface area contributed by atoms with E-state index in [4.69, 9.17) is 0 Å². The number of nitro benzene ring substituents is 1. The highest BCUT2D eigenvalue weighted by Gasteiger charge is 2.24. The minimum atomic E-state index is -0.414.